The van der Waals surface area contributed by atoms with Crippen LogP contribution < -0.4 is 10.5 Å². The van der Waals surface area contributed by atoms with Crippen molar-refractivity contribution < 1.29 is 10.0 Å². The minimum Gasteiger partial charge on any atom is -0.494 e. The maximum absolute atomic E-state index is 12.2. The highest BCUT2D eigenvalue weighted by molar-refractivity contribution is 7.71. The van der Waals surface area contributed by atoms with E-state index in [1.165, 1.54) is 17.5 Å². The molecule has 1 aromatic rings. The van der Waals surface area contributed by atoms with Crippen molar-refractivity contribution in [3.63, 3.8) is 0 Å². The van der Waals surface area contributed by atoms with Gasteiger partial charge in [-0.3, -0.25) is 19.4 Å². The Morgan fingerprint density at radius 2 is 1.96 bits per heavy atom. The number of nitrogens with one attached hydrogen (secondary N) is 2. The molecule has 0 radical (unpaired) electrons. The Balaban J connectivity index is 1.87. The summed E-state index contributed by atoms with van der Waals surface area (Å²) in [7, 11) is 2.16. The van der Waals surface area contributed by atoms with E-state index in [0.29, 0.717) is 4.77 Å². The Bertz CT molecular complexity index is 712. The van der Waals surface area contributed by atoms with E-state index < -0.39 is 0 Å². The van der Waals surface area contributed by atoms with Gasteiger partial charge in [-0.05, 0) is 25.1 Å². The normalized spacial score (nSPS) is 20.8. The number of aromatic hydroxyl groups is 1. The summed E-state index contributed by atoms with van der Waals surface area (Å²) >= 11 is 5.28. The highest BCUT2D eigenvalue weighted by atomic mass is 32.1. The fraction of sp³-hybridized carbons (Fsp3) is 0.688. The van der Waals surface area contributed by atoms with E-state index in [-0.39, 0.29) is 23.0 Å². The van der Waals surface area contributed by atoms with Gasteiger partial charge in [-0.15, -0.1) is 0 Å². The maximum Gasteiger partial charge on any atom is 0.264 e. The number of nitrogens with zero attached hydrogens (tertiary/aromatic N) is 3. The average molecular weight is 352 g/mol. The molecule has 1 aliphatic carbocycles. The lowest BCUT2D eigenvalue weighted by molar-refractivity contribution is -0.884. The van der Waals surface area contributed by atoms with Crippen LogP contribution in [0.15, 0.2) is 9.90 Å². The molecule has 2 heterocycles. The van der Waals surface area contributed by atoms with Crippen molar-refractivity contribution in [1.82, 2.24) is 14.6 Å². The van der Waals surface area contributed by atoms with Gasteiger partial charge in [0.15, 0.2) is 4.77 Å². The van der Waals surface area contributed by atoms with Crippen LogP contribution in [-0.4, -0.2) is 59.1 Å². The monoisotopic (exact) mass is 352 g/mol. The topological polar surface area (TPSA) is 78.1 Å². The molecule has 24 heavy (non-hydrogen) atoms. The van der Waals surface area contributed by atoms with E-state index in [4.69, 9.17) is 12.2 Å². The summed E-state index contributed by atoms with van der Waals surface area (Å²) in [6.45, 7) is 3.74. The molecule has 3 N–H and O–H groups in total. The van der Waals surface area contributed by atoms with E-state index >= 15 is 0 Å². The lowest BCUT2D eigenvalue weighted by atomic mass is 9.95. The first-order chi connectivity index (χ1) is 11.6. The second-order valence-electron chi connectivity index (χ2n) is 6.81. The number of piperazine rings is 1. The van der Waals surface area contributed by atoms with Crippen molar-refractivity contribution in [3.8, 4) is 5.88 Å². The van der Waals surface area contributed by atoms with Gasteiger partial charge in [-0.25, -0.2) is 0 Å². The Morgan fingerprint density at radius 1 is 1.29 bits per heavy atom. The summed E-state index contributed by atoms with van der Waals surface area (Å²) in [4.78, 5) is 16.4. The molecule has 0 unspecified atom stereocenters. The van der Waals surface area contributed by atoms with Crippen molar-refractivity contribution in [2.45, 2.75) is 38.1 Å². The van der Waals surface area contributed by atoms with E-state index in [9.17, 15) is 9.90 Å². The number of aromatic nitrogens is 2. The van der Waals surface area contributed by atoms with E-state index in [1.807, 2.05) is 5.01 Å². The Kier molecular flexibility index (Phi) is 5.35. The van der Waals surface area contributed by atoms with Crippen molar-refractivity contribution in [2.24, 2.45) is 5.10 Å². The zero-order valence-electron chi connectivity index (χ0n) is 14.1. The van der Waals surface area contributed by atoms with Crippen LogP contribution in [0.1, 0.15) is 43.7 Å². The molecule has 2 fully saturated rings. The number of hydrogen-bond donors (Lipinski definition) is 3. The molecular weight excluding hydrogens is 326 g/mol. The van der Waals surface area contributed by atoms with Gasteiger partial charge in [0, 0.05) is 6.04 Å². The van der Waals surface area contributed by atoms with E-state index in [2.05, 4.69) is 17.1 Å². The highest BCUT2D eigenvalue weighted by Crippen LogP contribution is 2.31. The summed E-state index contributed by atoms with van der Waals surface area (Å²) in [6, 6.07) is 0.155. The molecule has 0 spiro atoms. The fourth-order valence-corrected chi connectivity index (χ4v) is 3.81. The predicted octanol–water partition coefficient (Wildman–Crippen LogP) is 0.281. The lowest BCUT2D eigenvalue weighted by Gasteiger charge is -2.28. The first kappa shape index (κ1) is 17.2. The van der Waals surface area contributed by atoms with Gasteiger partial charge < -0.3 is 10.0 Å². The Hall–Kier alpha value is -1.67. The number of hydrazone groups is 1. The Morgan fingerprint density at radius 3 is 2.62 bits per heavy atom. The number of rotatable bonds is 3. The van der Waals surface area contributed by atoms with Crippen molar-refractivity contribution in [1.29, 1.82) is 0 Å². The summed E-state index contributed by atoms with van der Waals surface area (Å²) in [5.41, 5.74) is -0.187. The van der Waals surface area contributed by atoms with Crippen LogP contribution >= 0.6 is 12.2 Å². The molecule has 1 saturated heterocycles. The van der Waals surface area contributed by atoms with Crippen molar-refractivity contribution >= 4 is 18.4 Å². The standard InChI is InChI=1S/C16H25N5O2S/c1-19-7-9-20(10-8-19)17-11-13-14(22)18-16(24)21(15(13)23)12-5-3-2-4-6-12/h11-12,23H,2-10H2,1H3,(H,18,22,24)/p+1/b17-11+. The molecule has 0 bridgehead atoms. The van der Waals surface area contributed by atoms with Gasteiger partial charge in [0.2, 0.25) is 5.88 Å². The molecule has 3 rings (SSSR count). The summed E-state index contributed by atoms with van der Waals surface area (Å²) in [5.74, 6) is -0.0563. The largest absolute Gasteiger partial charge is 0.494 e. The number of likely N-dealkylation sites (N-methyl/N-ethyl adjacent to an activating group) is 1. The van der Waals surface area contributed by atoms with Gasteiger partial charge in [0.25, 0.3) is 5.56 Å². The lowest BCUT2D eigenvalue weighted by Crippen LogP contribution is -3.11. The van der Waals surface area contributed by atoms with Crippen LogP contribution in [0.2, 0.25) is 0 Å². The van der Waals surface area contributed by atoms with Gasteiger partial charge in [0.1, 0.15) is 5.56 Å². The SMILES string of the molecule is C[NH+]1CCN(/N=C/c2c(O)n(C3CCCCC3)c(=S)[nH]c2=O)CC1. The van der Waals surface area contributed by atoms with Crippen LogP contribution in [0.25, 0.3) is 0 Å². The third-order valence-corrected chi connectivity index (χ3v) is 5.34. The van der Waals surface area contributed by atoms with E-state index in [0.717, 1.165) is 51.9 Å². The third-order valence-electron chi connectivity index (χ3n) is 5.04. The maximum atomic E-state index is 12.2. The minimum atomic E-state index is -0.381. The quantitative estimate of drug-likeness (QED) is 0.539. The van der Waals surface area contributed by atoms with Crippen molar-refractivity contribution in [2.75, 3.05) is 33.2 Å². The fourth-order valence-electron chi connectivity index (χ4n) is 3.48. The zero-order valence-corrected chi connectivity index (χ0v) is 14.9. The van der Waals surface area contributed by atoms with Crippen molar-refractivity contribution in [3.05, 3.63) is 20.7 Å². The van der Waals surface area contributed by atoms with Gasteiger partial charge in [-0.1, -0.05) is 19.3 Å². The molecule has 1 aromatic heterocycles. The van der Waals surface area contributed by atoms with Gasteiger partial charge >= 0.3 is 0 Å². The zero-order chi connectivity index (χ0) is 17.1. The third kappa shape index (κ3) is 3.70. The molecule has 8 heteroatoms. The van der Waals surface area contributed by atoms with Gasteiger partial charge in [-0.2, -0.15) is 5.10 Å². The Labute approximate surface area is 146 Å². The van der Waals surface area contributed by atoms with E-state index in [1.54, 1.807) is 4.57 Å². The predicted molar refractivity (Wildman–Crippen MR) is 95.5 cm³/mol. The number of hydrogen-bond acceptors (Lipinski definition) is 5. The summed E-state index contributed by atoms with van der Waals surface area (Å²) < 4.78 is 2.00. The number of H-pyrrole nitrogens is 1. The summed E-state index contributed by atoms with van der Waals surface area (Å²) in [6.07, 6.45) is 6.89. The smallest absolute Gasteiger partial charge is 0.264 e. The molecule has 0 amide bonds. The molecule has 0 aromatic carbocycles. The van der Waals surface area contributed by atoms with Crippen LogP contribution in [0.3, 0.4) is 0 Å². The van der Waals surface area contributed by atoms with Crippen LogP contribution in [0.5, 0.6) is 5.88 Å². The molecule has 1 aliphatic heterocycles. The molecule has 132 valence electrons. The highest BCUT2D eigenvalue weighted by Gasteiger charge is 2.21. The molecule has 7 nitrogen and oxygen atoms in total. The van der Waals surface area contributed by atoms with Crippen LogP contribution in [0.4, 0.5) is 0 Å². The minimum absolute atomic E-state index is 0.0563. The first-order valence-corrected chi connectivity index (χ1v) is 9.15. The van der Waals surface area contributed by atoms with Crippen LogP contribution in [0, 0.1) is 4.77 Å². The number of aromatic amines is 1. The second kappa shape index (κ2) is 7.48. The summed E-state index contributed by atoms with van der Waals surface area (Å²) in [5, 5.41) is 17.0. The van der Waals surface area contributed by atoms with Gasteiger partial charge in [0.05, 0.1) is 39.4 Å². The average Bonchev–Trinajstić information content (AvgIpc) is 2.57. The molecule has 0 atom stereocenters. The second-order valence-corrected chi connectivity index (χ2v) is 7.20. The molecule has 2 aliphatic rings. The van der Waals surface area contributed by atoms with Crippen LogP contribution in [-0.2, 0) is 0 Å². The number of quaternary nitrogens is 1. The molecular formula is C16H26N5O2S+. The molecule has 1 saturated carbocycles. The first-order valence-electron chi connectivity index (χ1n) is 8.74.